The topological polar surface area (TPSA) is 131 Å². The molecule has 49 heavy (non-hydrogen) atoms. The first-order chi connectivity index (χ1) is 24.0. The molecule has 7 nitrogen and oxygen atoms in total. The summed E-state index contributed by atoms with van der Waals surface area (Å²) in [5.74, 6) is 0. The van der Waals surface area contributed by atoms with E-state index in [0.29, 0.717) is 0 Å². The molecule has 0 saturated heterocycles. The van der Waals surface area contributed by atoms with Crippen molar-refractivity contribution >= 4 is 0 Å². The van der Waals surface area contributed by atoms with Crippen LogP contribution in [0.1, 0.15) is 194 Å². The third-order valence-electron chi connectivity index (χ3n) is 8.44. The third kappa shape index (κ3) is 56.8. The van der Waals surface area contributed by atoms with Crippen LogP contribution in [0.25, 0.3) is 0 Å². The molecule has 0 aromatic rings. The van der Waals surface area contributed by atoms with E-state index >= 15 is 0 Å². The van der Waals surface area contributed by atoms with Crippen LogP contribution in [0.5, 0.6) is 0 Å². The maximum absolute atomic E-state index is 8.17. The fourth-order valence-electron chi connectivity index (χ4n) is 5.12. The highest BCUT2D eigenvalue weighted by molar-refractivity contribution is 4.82. The van der Waals surface area contributed by atoms with Gasteiger partial charge < -0.3 is 35.4 Å². The third-order valence-corrected chi connectivity index (χ3v) is 8.44. The Bertz CT molecular complexity index is 542. The second-order valence-electron chi connectivity index (χ2n) is 13.5. The van der Waals surface area contributed by atoms with Crippen LogP contribution in [0.2, 0.25) is 0 Å². The lowest BCUT2D eigenvalue weighted by Gasteiger charge is -2.05. The van der Waals surface area contributed by atoms with Crippen LogP contribution in [0.3, 0.4) is 0 Å². The number of aliphatic hydroxyl groups is 6. The van der Waals surface area contributed by atoms with E-state index in [0.717, 1.165) is 13.2 Å². The fraction of sp³-hybridized carbons (Fsp3) is 0.905. The summed E-state index contributed by atoms with van der Waals surface area (Å²) >= 11 is 0. The summed E-state index contributed by atoms with van der Waals surface area (Å²) in [7, 11) is 0. The first-order valence-corrected chi connectivity index (χ1v) is 20.7. The molecule has 0 aliphatic rings. The van der Waals surface area contributed by atoms with Gasteiger partial charge in [0, 0.05) is 13.2 Å². The Labute approximate surface area is 304 Å². The highest BCUT2D eigenvalue weighted by Gasteiger charge is 1.96. The predicted molar refractivity (Wildman–Crippen MR) is 210 cm³/mol. The second kappa shape index (κ2) is 51.6. The summed E-state index contributed by atoms with van der Waals surface area (Å²) in [5, 5.41) is 48.0. The average Bonchev–Trinajstić information content (AvgIpc) is 3.13. The van der Waals surface area contributed by atoms with Crippen molar-refractivity contribution in [3.8, 4) is 0 Å². The molecule has 0 bridgehead atoms. The summed E-state index contributed by atoms with van der Waals surface area (Å²) in [5.41, 5.74) is 0. The van der Waals surface area contributed by atoms with Gasteiger partial charge in [0.05, 0.1) is 26.4 Å². The molecule has 0 amide bonds. The molecule has 0 heterocycles. The second-order valence-corrected chi connectivity index (χ2v) is 13.5. The molecule has 296 valence electrons. The molecule has 6 N–H and O–H groups in total. The number of hydrogen-bond acceptors (Lipinski definition) is 7. The Morgan fingerprint density at radius 3 is 0.796 bits per heavy atom. The Morgan fingerprint density at radius 1 is 0.347 bits per heavy atom. The Kier molecular flexibility index (Phi) is 55.3. The van der Waals surface area contributed by atoms with Gasteiger partial charge in [-0.2, -0.15) is 0 Å². The fourth-order valence-corrected chi connectivity index (χ4v) is 5.12. The molecule has 0 saturated carbocycles. The van der Waals surface area contributed by atoms with E-state index in [9.17, 15) is 0 Å². The van der Waals surface area contributed by atoms with E-state index in [1.54, 1.807) is 0 Å². The lowest BCUT2D eigenvalue weighted by Crippen LogP contribution is -2.15. The van der Waals surface area contributed by atoms with Gasteiger partial charge in [-0.3, -0.25) is 0 Å². The number of hydrogen-bond donors (Lipinski definition) is 6. The van der Waals surface area contributed by atoms with Gasteiger partial charge in [-0.1, -0.05) is 154 Å². The summed E-state index contributed by atoms with van der Waals surface area (Å²) in [6.07, 6.45) is 46.2. The molecule has 0 unspecified atom stereocenters. The van der Waals surface area contributed by atoms with Crippen LogP contribution in [-0.2, 0) is 4.74 Å². The quantitative estimate of drug-likeness (QED) is 0.0283. The van der Waals surface area contributed by atoms with Crippen LogP contribution < -0.4 is 0 Å². The molecule has 0 aromatic heterocycles. The molecule has 7 heteroatoms. The lowest BCUT2D eigenvalue weighted by molar-refractivity contribution is 0.0450. The zero-order valence-corrected chi connectivity index (χ0v) is 32.6. The number of unbranched alkanes of at least 4 members (excludes halogenated alkanes) is 24. The molecule has 0 spiro atoms. The molecule has 0 rings (SSSR count). The largest absolute Gasteiger partial charge is 0.394 e. The van der Waals surface area contributed by atoms with Crippen molar-refractivity contribution in [1.29, 1.82) is 0 Å². The SMILES string of the molecule is CCCCCCCC/C=C\CCCCCCCCOCCCCCCCC/C=C\CCCCCCCC.OCC(O)CO.OCC(O)CO. The van der Waals surface area contributed by atoms with Gasteiger partial charge in [-0.15, -0.1) is 0 Å². The van der Waals surface area contributed by atoms with Gasteiger partial charge in [-0.25, -0.2) is 0 Å². The van der Waals surface area contributed by atoms with E-state index in [1.165, 1.54) is 180 Å². The molecular weight excluding hydrogens is 616 g/mol. The Balaban J connectivity index is -0.00000149. The number of ether oxygens (including phenoxy) is 1. The van der Waals surface area contributed by atoms with Gasteiger partial charge in [0.15, 0.2) is 0 Å². The van der Waals surface area contributed by atoms with Crippen molar-refractivity contribution in [2.75, 3.05) is 39.6 Å². The summed E-state index contributed by atoms with van der Waals surface area (Å²) in [6, 6.07) is 0. The predicted octanol–water partition coefficient (Wildman–Crippen LogP) is 9.74. The van der Waals surface area contributed by atoms with Crippen molar-refractivity contribution in [1.82, 2.24) is 0 Å². The van der Waals surface area contributed by atoms with Crippen LogP contribution in [0.15, 0.2) is 24.3 Å². The van der Waals surface area contributed by atoms with E-state index in [-0.39, 0.29) is 26.4 Å². The minimum atomic E-state index is -0.954. The smallest absolute Gasteiger partial charge is 0.100 e. The highest BCUT2D eigenvalue weighted by Crippen LogP contribution is 2.12. The molecule has 0 aliphatic carbocycles. The summed E-state index contributed by atoms with van der Waals surface area (Å²) in [6.45, 7) is 5.08. The number of rotatable bonds is 36. The van der Waals surface area contributed by atoms with Gasteiger partial charge in [0.1, 0.15) is 12.2 Å². The van der Waals surface area contributed by atoms with Crippen LogP contribution >= 0.6 is 0 Å². The normalized spacial score (nSPS) is 11.5. The minimum Gasteiger partial charge on any atom is -0.394 e. The van der Waals surface area contributed by atoms with E-state index in [4.69, 9.17) is 35.4 Å². The number of aliphatic hydroxyl groups excluding tert-OH is 6. The monoisotopic (exact) mass is 703 g/mol. The molecule has 0 atom stereocenters. The van der Waals surface area contributed by atoms with Crippen molar-refractivity contribution < 1.29 is 35.4 Å². The van der Waals surface area contributed by atoms with Crippen molar-refractivity contribution in [3.05, 3.63) is 24.3 Å². The van der Waals surface area contributed by atoms with Gasteiger partial charge in [0.25, 0.3) is 0 Å². The standard InChI is InChI=1S/C36H70O.2C3H8O3/c1-3-5-7-9-11-13-15-17-19-21-23-25-27-29-31-33-35-37-36-34-32-30-28-26-24-22-20-18-16-14-12-10-8-6-4-2;2*4-1-3(6)2-5/h17-20H,3-16,21-36H2,1-2H3;2*3-6H,1-2H2/b19-17-,20-18-;;. The zero-order chi connectivity index (χ0) is 36.7. The van der Waals surface area contributed by atoms with Crippen LogP contribution in [-0.4, -0.2) is 82.5 Å². The van der Waals surface area contributed by atoms with Gasteiger partial charge in [0.2, 0.25) is 0 Å². The summed E-state index contributed by atoms with van der Waals surface area (Å²) in [4.78, 5) is 0. The maximum atomic E-state index is 8.17. The number of allylic oxidation sites excluding steroid dienone is 4. The Morgan fingerprint density at radius 2 is 0.571 bits per heavy atom. The summed E-state index contributed by atoms with van der Waals surface area (Å²) < 4.78 is 5.85. The minimum absolute atomic E-state index is 0.365. The molecule has 0 aromatic carbocycles. The first kappa shape index (κ1) is 52.6. The van der Waals surface area contributed by atoms with Crippen LogP contribution in [0, 0.1) is 0 Å². The van der Waals surface area contributed by atoms with Crippen molar-refractivity contribution in [2.24, 2.45) is 0 Å². The Hall–Kier alpha value is -0.800. The molecular formula is C42H86O7. The van der Waals surface area contributed by atoms with E-state index in [2.05, 4.69) is 38.2 Å². The zero-order valence-electron chi connectivity index (χ0n) is 32.6. The molecule has 0 fully saturated rings. The molecule has 0 radical (unpaired) electrons. The van der Waals surface area contributed by atoms with Crippen LogP contribution in [0.4, 0.5) is 0 Å². The molecule has 0 aliphatic heterocycles. The van der Waals surface area contributed by atoms with E-state index in [1.807, 2.05) is 0 Å². The van der Waals surface area contributed by atoms with Gasteiger partial charge >= 0.3 is 0 Å². The first-order valence-electron chi connectivity index (χ1n) is 20.7. The van der Waals surface area contributed by atoms with E-state index < -0.39 is 12.2 Å². The van der Waals surface area contributed by atoms with Gasteiger partial charge in [-0.05, 0) is 64.2 Å². The average molecular weight is 703 g/mol. The maximum Gasteiger partial charge on any atom is 0.100 e. The lowest BCUT2D eigenvalue weighted by atomic mass is 10.1. The highest BCUT2D eigenvalue weighted by atomic mass is 16.5. The van der Waals surface area contributed by atoms with Crippen molar-refractivity contribution in [2.45, 2.75) is 206 Å². The van der Waals surface area contributed by atoms with Crippen molar-refractivity contribution in [3.63, 3.8) is 0 Å².